The van der Waals surface area contributed by atoms with Gasteiger partial charge in [-0.2, -0.15) is 0 Å². The lowest BCUT2D eigenvalue weighted by Crippen LogP contribution is -1.99. The lowest BCUT2D eigenvalue weighted by molar-refractivity contribution is 0.454. The third-order valence-corrected chi connectivity index (χ3v) is 3.50. The third-order valence-electron chi connectivity index (χ3n) is 3.20. The third kappa shape index (κ3) is 3.51. The second kappa shape index (κ2) is 6.76. The van der Waals surface area contributed by atoms with E-state index in [2.05, 4.69) is 31.8 Å². The van der Waals surface area contributed by atoms with Crippen LogP contribution >= 0.6 is 11.6 Å². The first-order valence-electron chi connectivity index (χ1n) is 6.96. The smallest absolute Gasteiger partial charge is 0.219 e. The van der Waals surface area contributed by atoms with Crippen molar-refractivity contribution in [2.24, 2.45) is 0 Å². The molecule has 2 rings (SSSR count). The van der Waals surface area contributed by atoms with E-state index in [1.807, 2.05) is 30.3 Å². The Bertz CT molecular complexity index is 581. The second-order valence-corrected chi connectivity index (χ2v) is 5.36. The van der Waals surface area contributed by atoms with Crippen molar-refractivity contribution in [2.45, 2.75) is 39.0 Å². The monoisotopic (exact) mass is 289 g/mol. The first-order chi connectivity index (χ1) is 9.63. The summed E-state index contributed by atoms with van der Waals surface area (Å²) in [5, 5.41) is 0. The van der Waals surface area contributed by atoms with Crippen LogP contribution in [0.3, 0.4) is 0 Å². The van der Waals surface area contributed by atoms with E-state index in [4.69, 9.17) is 16.3 Å². The highest BCUT2D eigenvalue weighted by Gasteiger charge is 2.09. The molecule has 0 aliphatic carbocycles. The number of ether oxygens (including phenoxy) is 1. The van der Waals surface area contributed by atoms with Crippen LogP contribution in [0.4, 0.5) is 0 Å². The number of benzene rings is 1. The van der Waals surface area contributed by atoms with E-state index in [1.165, 1.54) is 5.56 Å². The number of alkyl halides is 1. The Morgan fingerprint density at radius 2 is 1.95 bits per heavy atom. The number of hydrogen-bond donors (Lipinski definition) is 0. The van der Waals surface area contributed by atoms with Crippen LogP contribution in [0.2, 0.25) is 0 Å². The Balaban J connectivity index is 2.35. The fourth-order valence-corrected chi connectivity index (χ4v) is 2.17. The number of aromatic nitrogens is 1. The van der Waals surface area contributed by atoms with Crippen LogP contribution in [-0.4, -0.2) is 4.98 Å². The van der Waals surface area contributed by atoms with E-state index in [0.717, 1.165) is 23.4 Å². The zero-order chi connectivity index (χ0) is 14.5. The van der Waals surface area contributed by atoms with Gasteiger partial charge in [0.25, 0.3) is 0 Å². The fourth-order valence-electron chi connectivity index (χ4n) is 2.02. The van der Waals surface area contributed by atoms with E-state index < -0.39 is 0 Å². The van der Waals surface area contributed by atoms with Crippen LogP contribution in [0.1, 0.15) is 43.5 Å². The van der Waals surface area contributed by atoms with Gasteiger partial charge in [0.15, 0.2) is 0 Å². The van der Waals surface area contributed by atoms with E-state index >= 15 is 0 Å². The lowest BCUT2D eigenvalue weighted by atomic mass is 10.1. The summed E-state index contributed by atoms with van der Waals surface area (Å²) >= 11 is 5.95. The first-order valence-corrected chi connectivity index (χ1v) is 7.50. The van der Waals surface area contributed by atoms with Gasteiger partial charge in [0.2, 0.25) is 5.88 Å². The SMILES string of the molecule is CCc1ccccc1Oc1cc(CCl)cc(C(C)C)n1. The minimum Gasteiger partial charge on any atom is -0.439 e. The maximum Gasteiger partial charge on any atom is 0.219 e. The summed E-state index contributed by atoms with van der Waals surface area (Å²) in [6, 6.07) is 12.0. The molecule has 20 heavy (non-hydrogen) atoms. The maximum atomic E-state index is 5.96. The molecule has 0 aliphatic rings. The van der Waals surface area contributed by atoms with Crippen molar-refractivity contribution in [1.82, 2.24) is 4.98 Å². The predicted molar refractivity (Wildman–Crippen MR) is 83.8 cm³/mol. The highest BCUT2D eigenvalue weighted by molar-refractivity contribution is 6.17. The zero-order valence-electron chi connectivity index (χ0n) is 12.2. The number of para-hydroxylation sites is 1. The molecule has 0 N–H and O–H groups in total. The Morgan fingerprint density at radius 3 is 2.60 bits per heavy atom. The Labute approximate surface area is 125 Å². The van der Waals surface area contributed by atoms with Gasteiger partial charge in [-0.05, 0) is 35.6 Å². The molecule has 0 fully saturated rings. The summed E-state index contributed by atoms with van der Waals surface area (Å²) in [4.78, 5) is 4.57. The average molecular weight is 290 g/mol. The van der Waals surface area contributed by atoms with Crippen molar-refractivity contribution in [3.05, 3.63) is 53.2 Å². The summed E-state index contributed by atoms with van der Waals surface area (Å²) in [6.07, 6.45) is 0.933. The molecule has 2 aromatic rings. The number of hydrogen-bond acceptors (Lipinski definition) is 2. The largest absolute Gasteiger partial charge is 0.439 e. The standard InChI is InChI=1S/C17H20ClNO/c1-4-14-7-5-6-8-16(14)20-17-10-13(11-18)9-15(19-17)12(2)3/h5-10,12H,4,11H2,1-3H3. The van der Waals surface area contributed by atoms with Crippen molar-refractivity contribution in [2.75, 3.05) is 0 Å². The molecule has 0 amide bonds. The number of nitrogens with zero attached hydrogens (tertiary/aromatic N) is 1. The molecule has 2 nitrogen and oxygen atoms in total. The Kier molecular flexibility index (Phi) is 5.02. The Hall–Kier alpha value is -1.54. The topological polar surface area (TPSA) is 22.1 Å². The number of halogens is 1. The number of rotatable bonds is 5. The van der Waals surface area contributed by atoms with Crippen LogP contribution in [0, 0.1) is 0 Å². The normalized spacial score (nSPS) is 10.8. The van der Waals surface area contributed by atoms with Crippen molar-refractivity contribution >= 4 is 11.6 Å². The summed E-state index contributed by atoms with van der Waals surface area (Å²) in [7, 11) is 0. The van der Waals surface area contributed by atoms with Crippen molar-refractivity contribution in [3.63, 3.8) is 0 Å². The van der Waals surface area contributed by atoms with Gasteiger partial charge in [0.05, 0.1) is 0 Å². The average Bonchev–Trinajstić information content (AvgIpc) is 2.47. The van der Waals surface area contributed by atoms with Crippen LogP contribution < -0.4 is 4.74 Å². The van der Waals surface area contributed by atoms with Gasteiger partial charge in [-0.3, -0.25) is 0 Å². The first kappa shape index (κ1) is 14.9. The highest BCUT2D eigenvalue weighted by Crippen LogP contribution is 2.27. The molecule has 0 saturated carbocycles. The molecule has 106 valence electrons. The molecule has 0 aliphatic heterocycles. The summed E-state index contributed by atoms with van der Waals surface area (Å²) in [5.41, 5.74) is 3.22. The molecule has 3 heteroatoms. The van der Waals surface area contributed by atoms with Gasteiger partial charge in [0, 0.05) is 17.6 Å². The van der Waals surface area contributed by atoms with Crippen LogP contribution in [-0.2, 0) is 12.3 Å². The van der Waals surface area contributed by atoms with E-state index in [1.54, 1.807) is 0 Å². The van der Waals surface area contributed by atoms with Crippen LogP contribution in [0.25, 0.3) is 0 Å². The molecule has 0 spiro atoms. The summed E-state index contributed by atoms with van der Waals surface area (Å²) in [6.45, 7) is 6.35. The quantitative estimate of drug-likeness (QED) is 0.697. The molecular formula is C17H20ClNO. The molecule has 0 atom stereocenters. The van der Waals surface area contributed by atoms with Gasteiger partial charge < -0.3 is 4.74 Å². The minimum atomic E-state index is 0.349. The predicted octanol–water partition coefficient (Wildman–Crippen LogP) is 5.30. The van der Waals surface area contributed by atoms with E-state index in [-0.39, 0.29) is 0 Å². The van der Waals surface area contributed by atoms with Crippen LogP contribution in [0.5, 0.6) is 11.6 Å². The Morgan fingerprint density at radius 1 is 1.20 bits per heavy atom. The maximum absolute atomic E-state index is 5.96. The molecule has 1 heterocycles. The van der Waals surface area contributed by atoms with Gasteiger partial charge >= 0.3 is 0 Å². The molecule has 0 unspecified atom stereocenters. The van der Waals surface area contributed by atoms with Gasteiger partial charge in [-0.25, -0.2) is 4.98 Å². The van der Waals surface area contributed by atoms with Crippen molar-refractivity contribution < 1.29 is 4.74 Å². The molecule has 0 radical (unpaired) electrons. The molecule has 0 bridgehead atoms. The summed E-state index contributed by atoms with van der Waals surface area (Å²) in [5.74, 6) is 2.30. The zero-order valence-corrected chi connectivity index (χ0v) is 12.9. The minimum absolute atomic E-state index is 0.349. The molecular weight excluding hydrogens is 270 g/mol. The fraction of sp³-hybridized carbons (Fsp3) is 0.353. The van der Waals surface area contributed by atoms with Crippen molar-refractivity contribution in [3.8, 4) is 11.6 Å². The molecule has 1 aromatic carbocycles. The molecule has 0 saturated heterocycles. The lowest BCUT2D eigenvalue weighted by Gasteiger charge is -2.12. The highest BCUT2D eigenvalue weighted by atomic mass is 35.5. The second-order valence-electron chi connectivity index (χ2n) is 5.09. The van der Waals surface area contributed by atoms with Gasteiger partial charge in [0.1, 0.15) is 5.75 Å². The van der Waals surface area contributed by atoms with Gasteiger partial charge in [-0.15, -0.1) is 11.6 Å². The van der Waals surface area contributed by atoms with Crippen molar-refractivity contribution in [1.29, 1.82) is 0 Å². The number of aryl methyl sites for hydroxylation is 1. The molecule has 1 aromatic heterocycles. The van der Waals surface area contributed by atoms with E-state index in [0.29, 0.717) is 17.7 Å². The number of pyridine rings is 1. The van der Waals surface area contributed by atoms with E-state index in [9.17, 15) is 0 Å². The van der Waals surface area contributed by atoms with Gasteiger partial charge in [-0.1, -0.05) is 39.0 Å². The summed E-state index contributed by atoms with van der Waals surface area (Å²) < 4.78 is 5.96. The van der Waals surface area contributed by atoms with Crippen LogP contribution in [0.15, 0.2) is 36.4 Å².